The summed E-state index contributed by atoms with van der Waals surface area (Å²) in [6.45, 7) is 4.64. The summed E-state index contributed by atoms with van der Waals surface area (Å²) < 4.78 is 45.3. The number of benzene rings is 1. The van der Waals surface area contributed by atoms with Crippen molar-refractivity contribution < 1.29 is 27.4 Å². The predicted octanol–water partition coefficient (Wildman–Crippen LogP) is 3.60. The van der Waals surface area contributed by atoms with Crippen LogP contribution in [0.25, 0.3) is 0 Å². The van der Waals surface area contributed by atoms with E-state index in [4.69, 9.17) is 4.74 Å². The molecule has 1 fully saturated rings. The number of guanidine groups is 1. The maximum atomic E-state index is 12.2. The normalized spacial score (nSPS) is 15.5. The van der Waals surface area contributed by atoms with Crippen LogP contribution in [0.15, 0.2) is 29.3 Å². The van der Waals surface area contributed by atoms with Gasteiger partial charge in [0.1, 0.15) is 5.75 Å². The number of nitrogens with zero attached hydrogens (tertiary/aromatic N) is 2. The highest BCUT2D eigenvalue weighted by Crippen LogP contribution is 2.23. The fraction of sp³-hybridized carbons (Fsp3) is 0.579. The molecule has 1 heterocycles. The van der Waals surface area contributed by atoms with Gasteiger partial charge in [-0.25, -0.2) is 0 Å². The molecule has 2 rings (SSSR count). The van der Waals surface area contributed by atoms with Crippen LogP contribution >= 0.6 is 24.0 Å². The number of alkyl halides is 3. The van der Waals surface area contributed by atoms with E-state index >= 15 is 0 Å². The zero-order chi connectivity index (χ0) is 20.6. The summed E-state index contributed by atoms with van der Waals surface area (Å²) in [6, 6.07) is 5.81. The molecule has 0 saturated carbocycles. The summed E-state index contributed by atoms with van der Waals surface area (Å²) in [5.41, 5.74) is 0.874. The van der Waals surface area contributed by atoms with Gasteiger partial charge in [0, 0.05) is 26.2 Å². The minimum absolute atomic E-state index is 0. The van der Waals surface area contributed by atoms with Crippen LogP contribution in [0.3, 0.4) is 0 Å². The first kappa shape index (κ1) is 25.3. The number of nitrogens with one attached hydrogen (secondary N) is 1. The number of likely N-dealkylation sites (tertiary alicyclic amines) is 1. The molecule has 0 bridgehead atoms. The summed E-state index contributed by atoms with van der Waals surface area (Å²) in [5.74, 6) is 0.311. The number of ether oxygens (including phenoxy) is 2. The van der Waals surface area contributed by atoms with Gasteiger partial charge in [0.25, 0.3) is 0 Å². The van der Waals surface area contributed by atoms with Crippen molar-refractivity contribution in [3.05, 3.63) is 29.8 Å². The highest BCUT2D eigenvalue weighted by molar-refractivity contribution is 14.0. The molecule has 29 heavy (non-hydrogen) atoms. The summed E-state index contributed by atoms with van der Waals surface area (Å²) in [4.78, 5) is 18.4. The van der Waals surface area contributed by atoms with Crippen molar-refractivity contribution in [1.29, 1.82) is 0 Å². The molecule has 1 aliphatic heterocycles. The van der Waals surface area contributed by atoms with Crippen LogP contribution in [-0.4, -0.2) is 56.5 Å². The molecule has 0 aliphatic carbocycles. The second kappa shape index (κ2) is 12.1. The lowest BCUT2D eigenvalue weighted by Gasteiger charge is -2.33. The Hall–Kier alpha value is -1.72. The van der Waals surface area contributed by atoms with E-state index < -0.39 is 6.36 Å². The number of hydrogen-bond acceptors (Lipinski definition) is 4. The van der Waals surface area contributed by atoms with Crippen LogP contribution in [0.4, 0.5) is 13.2 Å². The van der Waals surface area contributed by atoms with Gasteiger partial charge in [0.2, 0.25) is 0 Å². The summed E-state index contributed by atoms with van der Waals surface area (Å²) in [5, 5.41) is 3.25. The van der Waals surface area contributed by atoms with E-state index in [-0.39, 0.29) is 41.6 Å². The van der Waals surface area contributed by atoms with Gasteiger partial charge < -0.3 is 19.7 Å². The molecule has 1 aromatic rings. The number of esters is 1. The Morgan fingerprint density at radius 3 is 2.38 bits per heavy atom. The molecule has 0 unspecified atom stereocenters. The molecule has 1 aliphatic rings. The minimum atomic E-state index is -4.69. The topological polar surface area (TPSA) is 63.2 Å². The Balaban J connectivity index is 0.00000420. The molecule has 0 radical (unpaired) electrons. The van der Waals surface area contributed by atoms with E-state index in [2.05, 4.69) is 19.9 Å². The lowest BCUT2D eigenvalue weighted by atomic mass is 9.97. The number of piperidine rings is 1. The minimum Gasteiger partial charge on any atom is -0.469 e. The molecule has 1 saturated heterocycles. The number of carbonyl (C=O) groups excluding carboxylic acids is 1. The molecule has 6 nitrogen and oxygen atoms in total. The molecule has 164 valence electrons. The van der Waals surface area contributed by atoms with Crippen LogP contribution < -0.4 is 10.1 Å². The zero-order valence-electron chi connectivity index (χ0n) is 16.5. The Labute approximate surface area is 185 Å². The molecular weight excluding hydrogens is 502 g/mol. The van der Waals surface area contributed by atoms with Crippen LogP contribution in [0, 0.1) is 5.92 Å². The van der Waals surface area contributed by atoms with Crippen molar-refractivity contribution in [1.82, 2.24) is 10.2 Å². The van der Waals surface area contributed by atoms with Gasteiger partial charge >= 0.3 is 12.3 Å². The van der Waals surface area contributed by atoms with Crippen molar-refractivity contribution in [2.24, 2.45) is 10.9 Å². The number of rotatable bonds is 6. The molecule has 1 aromatic carbocycles. The highest BCUT2D eigenvalue weighted by atomic mass is 127. The Kier molecular flexibility index (Phi) is 10.5. The van der Waals surface area contributed by atoms with Gasteiger partial charge in [-0.1, -0.05) is 12.1 Å². The average Bonchev–Trinajstić information content (AvgIpc) is 2.67. The highest BCUT2D eigenvalue weighted by Gasteiger charge is 2.31. The summed E-state index contributed by atoms with van der Waals surface area (Å²) >= 11 is 0. The van der Waals surface area contributed by atoms with E-state index in [1.165, 1.54) is 19.2 Å². The Morgan fingerprint density at radius 2 is 1.86 bits per heavy atom. The lowest BCUT2D eigenvalue weighted by Crippen LogP contribution is -2.46. The number of halogens is 4. The van der Waals surface area contributed by atoms with Crippen LogP contribution in [0.1, 0.15) is 25.3 Å². The first-order valence-electron chi connectivity index (χ1n) is 9.28. The predicted molar refractivity (Wildman–Crippen MR) is 115 cm³/mol. The van der Waals surface area contributed by atoms with Gasteiger partial charge in [-0.15, -0.1) is 37.1 Å². The summed E-state index contributed by atoms with van der Waals surface area (Å²) in [6.07, 6.45) is -2.65. The van der Waals surface area contributed by atoms with E-state index in [0.29, 0.717) is 13.0 Å². The number of methoxy groups -OCH3 is 1. The second-order valence-corrected chi connectivity index (χ2v) is 6.46. The van der Waals surface area contributed by atoms with Gasteiger partial charge in [0.05, 0.1) is 13.0 Å². The van der Waals surface area contributed by atoms with Gasteiger partial charge in [-0.3, -0.25) is 9.79 Å². The largest absolute Gasteiger partial charge is 0.573 e. The SMILES string of the molecule is CCNC(=NCCc1ccc(OC(F)(F)F)cc1)N1CCC(C(=O)OC)CC1.I. The van der Waals surface area contributed by atoms with Crippen molar-refractivity contribution in [3.8, 4) is 5.75 Å². The standard InChI is InChI=1S/C19H26F3N3O3.HI/c1-3-23-18(25-12-9-15(10-13-25)17(26)27-2)24-11-8-14-4-6-16(7-5-14)28-19(20,21)22;/h4-7,15H,3,8-13H2,1-2H3,(H,23,24);1H. The van der Waals surface area contributed by atoms with Crippen LogP contribution in [0.5, 0.6) is 5.75 Å². The second-order valence-electron chi connectivity index (χ2n) is 6.46. The zero-order valence-corrected chi connectivity index (χ0v) is 18.8. The number of carbonyl (C=O) groups is 1. The van der Waals surface area contributed by atoms with Gasteiger partial charge in [-0.2, -0.15) is 0 Å². The molecule has 0 aromatic heterocycles. The third-order valence-corrected chi connectivity index (χ3v) is 4.48. The summed E-state index contributed by atoms with van der Waals surface area (Å²) in [7, 11) is 1.40. The lowest BCUT2D eigenvalue weighted by molar-refractivity contribution is -0.274. The van der Waals surface area contributed by atoms with Crippen molar-refractivity contribution in [3.63, 3.8) is 0 Å². The maximum absolute atomic E-state index is 12.2. The molecule has 0 atom stereocenters. The Morgan fingerprint density at radius 1 is 1.24 bits per heavy atom. The fourth-order valence-electron chi connectivity index (χ4n) is 3.07. The number of aliphatic imine (C=N–C) groups is 1. The third kappa shape index (κ3) is 8.67. The monoisotopic (exact) mass is 529 g/mol. The molecule has 0 amide bonds. The van der Waals surface area contributed by atoms with E-state index in [1.807, 2.05) is 6.92 Å². The first-order valence-corrected chi connectivity index (χ1v) is 9.28. The Bertz CT molecular complexity index is 661. The van der Waals surface area contributed by atoms with Crippen molar-refractivity contribution in [2.75, 3.05) is 33.3 Å². The van der Waals surface area contributed by atoms with E-state index in [9.17, 15) is 18.0 Å². The van der Waals surface area contributed by atoms with Crippen LogP contribution in [-0.2, 0) is 16.0 Å². The van der Waals surface area contributed by atoms with E-state index in [0.717, 1.165) is 44.0 Å². The first-order chi connectivity index (χ1) is 13.3. The molecular formula is C19H27F3IN3O3. The average molecular weight is 529 g/mol. The molecule has 1 N–H and O–H groups in total. The molecule has 0 spiro atoms. The maximum Gasteiger partial charge on any atom is 0.573 e. The van der Waals surface area contributed by atoms with Crippen molar-refractivity contribution >= 4 is 35.9 Å². The van der Waals surface area contributed by atoms with Gasteiger partial charge in [0.15, 0.2) is 5.96 Å². The van der Waals surface area contributed by atoms with Crippen molar-refractivity contribution in [2.45, 2.75) is 32.5 Å². The van der Waals surface area contributed by atoms with Gasteiger partial charge in [-0.05, 0) is 43.9 Å². The quantitative estimate of drug-likeness (QED) is 0.264. The molecule has 10 heteroatoms. The van der Waals surface area contributed by atoms with Crippen LogP contribution in [0.2, 0.25) is 0 Å². The fourth-order valence-corrected chi connectivity index (χ4v) is 3.07. The smallest absolute Gasteiger partial charge is 0.469 e. The number of hydrogen-bond donors (Lipinski definition) is 1. The third-order valence-electron chi connectivity index (χ3n) is 4.48. The van der Waals surface area contributed by atoms with E-state index in [1.54, 1.807) is 12.1 Å².